The zero-order chi connectivity index (χ0) is 23.6. The highest BCUT2D eigenvalue weighted by molar-refractivity contribution is 7.19. The first-order valence-corrected chi connectivity index (χ1v) is 13.0. The summed E-state index contributed by atoms with van der Waals surface area (Å²) >= 11 is 14.7. The maximum atomic E-state index is 12.4. The number of benzene rings is 1. The predicted molar refractivity (Wildman–Crippen MR) is 133 cm³/mol. The van der Waals surface area contributed by atoms with Crippen LogP contribution in [-0.2, 0) is 22.7 Å². The zero-order valence-electron chi connectivity index (χ0n) is 18.6. The van der Waals surface area contributed by atoms with Crippen LogP contribution < -0.4 is 5.32 Å². The van der Waals surface area contributed by atoms with Gasteiger partial charge in [-0.1, -0.05) is 23.2 Å². The fourth-order valence-electron chi connectivity index (χ4n) is 5.03. The van der Waals surface area contributed by atoms with E-state index < -0.39 is 0 Å². The summed E-state index contributed by atoms with van der Waals surface area (Å²) in [5.41, 5.74) is 3.43. The second kappa shape index (κ2) is 8.53. The molecule has 3 unspecified atom stereocenters. The molecule has 0 radical (unpaired) electrons. The molecule has 2 aliphatic heterocycles. The van der Waals surface area contributed by atoms with Crippen LogP contribution in [0.4, 0.5) is 0 Å². The zero-order valence-corrected chi connectivity index (χ0v) is 20.9. The van der Waals surface area contributed by atoms with E-state index >= 15 is 0 Å². The number of nitrogens with zero attached hydrogens (tertiary/aromatic N) is 4. The molecule has 3 atom stereocenters. The van der Waals surface area contributed by atoms with Crippen molar-refractivity contribution in [2.75, 3.05) is 19.6 Å². The van der Waals surface area contributed by atoms with Crippen LogP contribution in [0.25, 0.3) is 21.5 Å². The van der Waals surface area contributed by atoms with Gasteiger partial charge in [0.25, 0.3) is 0 Å². The number of nitrogens with one attached hydrogen (secondary N) is 1. The summed E-state index contributed by atoms with van der Waals surface area (Å²) in [5, 5.41) is 4.59. The second-order valence-electron chi connectivity index (χ2n) is 9.30. The summed E-state index contributed by atoms with van der Waals surface area (Å²) in [6, 6.07) is 6.02. The first kappa shape index (κ1) is 22.4. The molecule has 3 aliphatic rings. The molecule has 3 fully saturated rings. The number of piperazine rings is 1. The number of thiophene rings is 1. The van der Waals surface area contributed by atoms with Crippen LogP contribution in [0, 0.1) is 11.8 Å². The largest absolute Gasteiger partial charge is 0.314 e. The van der Waals surface area contributed by atoms with E-state index in [1.54, 1.807) is 12.4 Å². The normalized spacial score (nSPS) is 24.8. The second-order valence-corrected chi connectivity index (χ2v) is 11.3. The Kier molecular flexibility index (Phi) is 5.61. The number of rotatable bonds is 5. The Morgan fingerprint density at radius 2 is 1.91 bits per heavy atom. The van der Waals surface area contributed by atoms with E-state index in [2.05, 4.69) is 27.1 Å². The van der Waals surface area contributed by atoms with E-state index in [4.69, 9.17) is 23.2 Å². The molecule has 2 amide bonds. The smallest absolute Gasteiger partial charge is 0.233 e. The number of halogens is 2. The Bertz CT molecular complexity index is 1310. The SMILES string of the molecule is CC1CNCCN1Cc1c(Cl)cc(Cl)cc1-c1ncnc2cc(CN3C(=O)C4CC4C3=O)sc12. The molecule has 1 aromatic carbocycles. The van der Waals surface area contributed by atoms with Gasteiger partial charge in [0.2, 0.25) is 11.8 Å². The number of fused-ring (bicyclic) bond motifs is 2. The maximum absolute atomic E-state index is 12.4. The van der Waals surface area contributed by atoms with Crippen molar-refractivity contribution < 1.29 is 9.59 Å². The summed E-state index contributed by atoms with van der Waals surface area (Å²) in [6.07, 6.45) is 2.25. The molecule has 7 nitrogen and oxygen atoms in total. The number of likely N-dealkylation sites (tertiary alicyclic amines) is 1. The molecule has 2 saturated heterocycles. The molecular weight excluding hydrogens is 493 g/mol. The van der Waals surface area contributed by atoms with Gasteiger partial charge in [0, 0.05) is 52.7 Å². The number of hydrogen-bond donors (Lipinski definition) is 1. The molecule has 10 heteroatoms. The molecule has 1 saturated carbocycles. The van der Waals surface area contributed by atoms with E-state index in [9.17, 15) is 9.59 Å². The van der Waals surface area contributed by atoms with E-state index in [0.29, 0.717) is 29.1 Å². The van der Waals surface area contributed by atoms with Gasteiger partial charge in [0.1, 0.15) is 6.33 Å². The van der Waals surface area contributed by atoms with Gasteiger partial charge in [-0.25, -0.2) is 9.97 Å². The first-order chi connectivity index (χ1) is 16.4. The average Bonchev–Trinajstić information content (AvgIpc) is 3.45. The van der Waals surface area contributed by atoms with Crippen molar-refractivity contribution in [3.05, 3.63) is 45.0 Å². The highest BCUT2D eigenvalue weighted by Crippen LogP contribution is 2.48. The van der Waals surface area contributed by atoms with Gasteiger partial charge in [-0.3, -0.25) is 19.4 Å². The number of hydrogen-bond acceptors (Lipinski definition) is 7. The van der Waals surface area contributed by atoms with Gasteiger partial charge in [-0.15, -0.1) is 11.3 Å². The van der Waals surface area contributed by atoms with Crippen LogP contribution >= 0.6 is 34.5 Å². The molecule has 34 heavy (non-hydrogen) atoms. The van der Waals surface area contributed by atoms with E-state index in [1.165, 1.54) is 16.2 Å². The summed E-state index contributed by atoms with van der Waals surface area (Å²) < 4.78 is 0.898. The monoisotopic (exact) mass is 515 g/mol. The number of piperidine rings is 1. The molecule has 0 bridgehead atoms. The van der Waals surface area contributed by atoms with Crippen molar-refractivity contribution in [3.8, 4) is 11.3 Å². The standard InChI is InChI=1S/C24H23Cl2N5O2S/c1-12-8-27-2-3-30(12)10-18-15(4-13(25)5-19(18)26)21-22-20(28-11-29-21)6-14(34-22)9-31-23(32)16-7-17(16)24(31)33/h4-6,11-12,16-17,27H,2-3,7-10H2,1H3. The number of imide groups is 1. The van der Waals surface area contributed by atoms with E-state index in [1.807, 2.05) is 12.1 Å². The summed E-state index contributed by atoms with van der Waals surface area (Å²) in [6.45, 7) is 5.98. The lowest BCUT2D eigenvalue weighted by atomic mass is 10.0. The van der Waals surface area contributed by atoms with Gasteiger partial charge in [-0.2, -0.15) is 0 Å². The van der Waals surface area contributed by atoms with Crippen LogP contribution in [0.1, 0.15) is 23.8 Å². The van der Waals surface area contributed by atoms with Gasteiger partial charge >= 0.3 is 0 Å². The van der Waals surface area contributed by atoms with Crippen molar-refractivity contribution in [1.82, 2.24) is 25.1 Å². The summed E-state index contributed by atoms with van der Waals surface area (Å²) in [7, 11) is 0. The quantitative estimate of drug-likeness (QED) is 0.518. The molecule has 6 rings (SSSR count). The Hall–Kier alpha value is -2.10. The van der Waals surface area contributed by atoms with Crippen molar-refractivity contribution in [3.63, 3.8) is 0 Å². The summed E-state index contributed by atoms with van der Waals surface area (Å²) in [5.74, 6) is -0.290. The highest BCUT2D eigenvalue weighted by Gasteiger charge is 2.58. The van der Waals surface area contributed by atoms with Crippen LogP contribution in [0.15, 0.2) is 24.5 Å². The first-order valence-electron chi connectivity index (χ1n) is 11.4. The Morgan fingerprint density at radius 3 is 2.68 bits per heavy atom. The van der Waals surface area contributed by atoms with Crippen LogP contribution in [0.5, 0.6) is 0 Å². The third-order valence-corrected chi connectivity index (χ3v) is 8.72. The van der Waals surface area contributed by atoms with Crippen molar-refractivity contribution in [2.24, 2.45) is 11.8 Å². The average molecular weight is 516 g/mol. The minimum atomic E-state index is -0.0965. The predicted octanol–water partition coefficient (Wildman–Crippen LogP) is 3.96. The number of aromatic nitrogens is 2. The molecule has 176 valence electrons. The van der Waals surface area contributed by atoms with E-state index in [-0.39, 0.29) is 30.2 Å². The summed E-state index contributed by atoms with van der Waals surface area (Å²) in [4.78, 5) is 38.7. The molecule has 4 heterocycles. The van der Waals surface area contributed by atoms with Crippen molar-refractivity contribution in [1.29, 1.82) is 0 Å². The molecule has 1 N–H and O–H groups in total. The minimum absolute atomic E-state index is 0.0483. The fraction of sp³-hybridized carbons (Fsp3) is 0.417. The molecule has 0 spiro atoms. The van der Waals surface area contributed by atoms with Gasteiger partial charge in [0.05, 0.1) is 34.3 Å². The number of carbonyl (C=O) groups is 2. The minimum Gasteiger partial charge on any atom is -0.314 e. The fourth-order valence-corrected chi connectivity index (χ4v) is 6.69. The number of amides is 2. The Morgan fingerprint density at radius 1 is 1.12 bits per heavy atom. The lowest BCUT2D eigenvalue weighted by Crippen LogP contribution is -2.49. The third kappa shape index (κ3) is 3.82. The van der Waals surface area contributed by atoms with Crippen molar-refractivity contribution in [2.45, 2.75) is 32.5 Å². The van der Waals surface area contributed by atoms with Crippen LogP contribution in [0.3, 0.4) is 0 Å². The lowest BCUT2D eigenvalue weighted by Gasteiger charge is -2.34. The Balaban J connectivity index is 1.38. The Labute approximate surface area is 211 Å². The van der Waals surface area contributed by atoms with Crippen LogP contribution in [-0.4, -0.2) is 57.3 Å². The van der Waals surface area contributed by atoms with Gasteiger partial charge < -0.3 is 5.32 Å². The maximum Gasteiger partial charge on any atom is 0.233 e. The van der Waals surface area contributed by atoms with Crippen molar-refractivity contribution >= 4 is 56.6 Å². The van der Waals surface area contributed by atoms with Crippen LogP contribution in [0.2, 0.25) is 10.0 Å². The highest BCUT2D eigenvalue weighted by atomic mass is 35.5. The number of carbonyl (C=O) groups excluding carboxylic acids is 2. The molecule has 1 aliphatic carbocycles. The molecule has 3 aromatic rings. The van der Waals surface area contributed by atoms with E-state index in [0.717, 1.165) is 51.5 Å². The molecular formula is C24H23Cl2N5O2S. The van der Waals surface area contributed by atoms with Gasteiger partial charge in [-0.05, 0) is 37.1 Å². The topological polar surface area (TPSA) is 78.4 Å². The van der Waals surface area contributed by atoms with Gasteiger partial charge in [0.15, 0.2) is 0 Å². The third-order valence-electron chi connectivity index (χ3n) is 7.05. The lowest BCUT2D eigenvalue weighted by molar-refractivity contribution is -0.141. The molecule has 2 aromatic heterocycles.